The van der Waals surface area contributed by atoms with Crippen molar-refractivity contribution in [2.24, 2.45) is 0 Å². The summed E-state index contributed by atoms with van der Waals surface area (Å²) in [6.45, 7) is 7.46. The lowest BCUT2D eigenvalue weighted by molar-refractivity contribution is 0.102. The van der Waals surface area contributed by atoms with Gasteiger partial charge in [0.2, 0.25) is 10.0 Å². The number of rotatable bonds is 7. The van der Waals surface area contributed by atoms with Gasteiger partial charge in [0.15, 0.2) is 0 Å². The van der Waals surface area contributed by atoms with Crippen molar-refractivity contribution in [2.45, 2.75) is 51.5 Å². The third-order valence-corrected chi connectivity index (χ3v) is 6.12. The fraction of sp³-hybridized carbons (Fsp3) is 0.350. The highest BCUT2D eigenvalue weighted by Gasteiger charge is 2.19. The van der Waals surface area contributed by atoms with Crippen LogP contribution in [0.4, 0.5) is 5.69 Å². The summed E-state index contributed by atoms with van der Waals surface area (Å²) in [7, 11) is -3.67. The topological polar surface area (TPSA) is 75.3 Å². The summed E-state index contributed by atoms with van der Waals surface area (Å²) in [4.78, 5) is 12.9. The van der Waals surface area contributed by atoms with Gasteiger partial charge in [-0.25, -0.2) is 13.1 Å². The smallest absolute Gasteiger partial charge is 0.255 e. The number of aryl methyl sites for hydroxylation is 1. The van der Waals surface area contributed by atoms with Crippen LogP contribution in [-0.4, -0.2) is 20.4 Å². The first-order valence-electron chi connectivity index (χ1n) is 8.93. The minimum absolute atomic E-state index is 0.0568. The minimum atomic E-state index is -3.67. The van der Waals surface area contributed by atoms with Gasteiger partial charge in [-0.3, -0.25) is 4.79 Å². The van der Waals surface area contributed by atoms with Crippen LogP contribution in [0.25, 0.3) is 0 Å². The molecule has 0 aromatic heterocycles. The molecule has 2 rings (SSSR count). The van der Waals surface area contributed by atoms with Crippen molar-refractivity contribution in [3.05, 3.63) is 58.1 Å². The Bertz CT molecular complexity index is 940. The molecule has 2 aromatic carbocycles. The highest BCUT2D eigenvalue weighted by Crippen LogP contribution is 2.30. The number of carbonyl (C=O) groups is 1. The van der Waals surface area contributed by atoms with Crippen LogP contribution in [0.1, 0.15) is 49.2 Å². The molecule has 27 heavy (non-hydrogen) atoms. The van der Waals surface area contributed by atoms with Crippen LogP contribution in [-0.2, 0) is 22.9 Å². The summed E-state index contributed by atoms with van der Waals surface area (Å²) >= 11 is 6.28. The molecular formula is C20H25ClN2O3S. The maximum Gasteiger partial charge on any atom is 0.255 e. The van der Waals surface area contributed by atoms with Gasteiger partial charge >= 0.3 is 0 Å². The maximum atomic E-state index is 12.8. The van der Waals surface area contributed by atoms with Gasteiger partial charge in [0.05, 0.1) is 4.90 Å². The van der Waals surface area contributed by atoms with E-state index in [9.17, 15) is 13.2 Å². The first-order valence-corrected chi connectivity index (χ1v) is 10.8. The molecule has 0 spiro atoms. The van der Waals surface area contributed by atoms with Crippen molar-refractivity contribution >= 4 is 33.2 Å². The average Bonchev–Trinajstić information content (AvgIpc) is 2.61. The molecule has 0 atom stereocenters. The molecule has 1 amide bonds. The average molecular weight is 409 g/mol. The van der Waals surface area contributed by atoms with Crippen molar-refractivity contribution in [3.8, 4) is 0 Å². The van der Waals surface area contributed by atoms with E-state index in [1.165, 1.54) is 12.1 Å². The van der Waals surface area contributed by atoms with Gasteiger partial charge in [-0.1, -0.05) is 37.6 Å². The van der Waals surface area contributed by atoms with Crippen LogP contribution in [0.15, 0.2) is 41.3 Å². The summed E-state index contributed by atoms with van der Waals surface area (Å²) in [5.41, 5.74) is 2.82. The number of anilines is 1. The quantitative estimate of drug-likeness (QED) is 0.712. The van der Waals surface area contributed by atoms with Crippen LogP contribution < -0.4 is 10.0 Å². The third kappa shape index (κ3) is 5.09. The molecule has 5 nitrogen and oxygen atoms in total. The zero-order valence-corrected chi connectivity index (χ0v) is 17.5. The zero-order valence-electron chi connectivity index (χ0n) is 16.0. The van der Waals surface area contributed by atoms with Gasteiger partial charge in [0, 0.05) is 22.3 Å². The number of hydrogen-bond donors (Lipinski definition) is 2. The Labute approximate surface area is 166 Å². The molecular weight excluding hydrogens is 384 g/mol. The van der Waals surface area contributed by atoms with E-state index < -0.39 is 10.0 Å². The Morgan fingerprint density at radius 1 is 1.11 bits per heavy atom. The van der Waals surface area contributed by atoms with Crippen LogP contribution in [0.2, 0.25) is 5.02 Å². The fourth-order valence-electron chi connectivity index (χ4n) is 2.84. The summed E-state index contributed by atoms with van der Waals surface area (Å²) in [5.74, 6) is -0.372. The lowest BCUT2D eigenvalue weighted by Gasteiger charge is -2.16. The first-order chi connectivity index (χ1) is 12.7. The molecule has 0 radical (unpaired) electrons. The van der Waals surface area contributed by atoms with Crippen molar-refractivity contribution in [1.82, 2.24) is 4.72 Å². The third-order valence-electron chi connectivity index (χ3n) is 4.11. The molecule has 0 aliphatic rings. The fourth-order valence-corrected chi connectivity index (χ4v) is 4.42. The van der Waals surface area contributed by atoms with Gasteiger partial charge in [0.1, 0.15) is 0 Å². The van der Waals surface area contributed by atoms with E-state index >= 15 is 0 Å². The van der Waals surface area contributed by atoms with Gasteiger partial charge in [0.25, 0.3) is 5.91 Å². The van der Waals surface area contributed by atoms with E-state index in [0.717, 1.165) is 17.5 Å². The molecule has 0 heterocycles. The molecule has 2 N–H and O–H groups in total. The van der Waals surface area contributed by atoms with E-state index in [0.29, 0.717) is 17.1 Å². The second kappa shape index (κ2) is 8.87. The van der Waals surface area contributed by atoms with Gasteiger partial charge in [-0.2, -0.15) is 0 Å². The van der Waals surface area contributed by atoms with Crippen LogP contribution in [0.3, 0.4) is 0 Å². The highest BCUT2D eigenvalue weighted by atomic mass is 35.5. The summed E-state index contributed by atoms with van der Waals surface area (Å²) in [5, 5.41) is 3.52. The van der Waals surface area contributed by atoms with E-state index in [4.69, 9.17) is 11.6 Å². The van der Waals surface area contributed by atoms with Crippen LogP contribution >= 0.6 is 11.6 Å². The van der Waals surface area contributed by atoms with E-state index in [1.807, 2.05) is 26.0 Å². The Morgan fingerprint density at radius 3 is 2.41 bits per heavy atom. The molecule has 0 aliphatic carbocycles. The monoisotopic (exact) mass is 408 g/mol. The first kappa shape index (κ1) is 21.4. The number of amides is 1. The largest absolute Gasteiger partial charge is 0.321 e. The number of halogens is 1. The second-order valence-electron chi connectivity index (χ2n) is 6.53. The standard InChI is InChI=1S/C20H25ClN2O3S/c1-5-14-10-11-18(21)17(6-2)19(14)22-20(24)15-8-7-9-16(12-15)27(25,26)23-13(3)4/h7-13,23H,5-6H2,1-4H3,(H,22,24). The molecule has 0 bridgehead atoms. The molecule has 0 fully saturated rings. The van der Waals surface area contributed by atoms with E-state index in [1.54, 1.807) is 26.0 Å². The predicted octanol–water partition coefficient (Wildman–Crippen LogP) is 4.40. The SMILES string of the molecule is CCc1ccc(Cl)c(CC)c1NC(=O)c1cccc(S(=O)(=O)NC(C)C)c1. The summed E-state index contributed by atoms with van der Waals surface area (Å²) < 4.78 is 27.2. The zero-order chi connectivity index (χ0) is 20.2. The van der Waals surface area contributed by atoms with E-state index in [-0.39, 0.29) is 22.4 Å². The number of benzene rings is 2. The maximum absolute atomic E-state index is 12.8. The van der Waals surface area contributed by atoms with Crippen LogP contribution in [0, 0.1) is 0 Å². The Balaban J connectivity index is 2.38. The highest BCUT2D eigenvalue weighted by molar-refractivity contribution is 7.89. The van der Waals surface area contributed by atoms with Crippen LogP contribution in [0.5, 0.6) is 0 Å². The molecule has 0 aliphatic heterocycles. The molecule has 7 heteroatoms. The van der Waals surface area contributed by atoms with Gasteiger partial charge in [-0.05, 0) is 62.1 Å². The molecule has 0 saturated heterocycles. The lowest BCUT2D eigenvalue weighted by Crippen LogP contribution is -2.30. The Morgan fingerprint density at radius 2 is 1.81 bits per heavy atom. The summed E-state index contributed by atoms with van der Waals surface area (Å²) in [6.07, 6.45) is 1.42. The number of nitrogens with one attached hydrogen (secondary N) is 2. The van der Waals surface area contributed by atoms with Crippen molar-refractivity contribution < 1.29 is 13.2 Å². The Hall–Kier alpha value is -1.89. The number of carbonyl (C=O) groups excluding carboxylic acids is 1. The molecule has 0 unspecified atom stereocenters. The Kier molecular flexibility index (Phi) is 7.03. The molecule has 146 valence electrons. The van der Waals surface area contributed by atoms with Gasteiger partial charge < -0.3 is 5.32 Å². The number of hydrogen-bond acceptors (Lipinski definition) is 3. The van der Waals surface area contributed by atoms with Crippen molar-refractivity contribution in [1.29, 1.82) is 0 Å². The van der Waals surface area contributed by atoms with Gasteiger partial charge in [-0.15, -0.1) is 0 Å². The molecule has 2 aromatic rings. The number of sulfonamides is 1. The van der Waals surface area contributed by atoms with Crippen molar-refractivity contribution in [3.63, 3.8) is 0 Å². The minimum Gasteiger partial charge on any atom is -0.321 e. The second-order valence-corrected chi connectivity index (χ2v) is 8.65. The molecule has 0 saturated carbocycles. The van der Waals surface area contributed by atoms with E-state index in [2.05, 4.69) is 10.0 Å². The lowest BCUT2D eigenvalue weighted by atomic mass is 10.0. The normalized spacial score (nSPS) is 11.6. The summed E-state index contributed by atoms with van der Waals surface area (Å²) in [6, 6.07) is 9.48. The van der Waals surface area contributed by atoms with Crippen molar-refractivity contribution in [2.75, 3.05) is 5.32 Å². The predicted molar refractivity (Wildman–Crippen MR) is 110 cm³/mol.